The van der Waals surface area contributed by atoms with Gasteiger partial charge in [0.2, 0.25) is 0 Å². The maximum Gasteiger partial charge on any atom is 0.190 e. The van der Waals surface area contributed by atoms with E-state index in [1.165, 1.54) is 11.1 Å². The molecule has 0 unspecified atom stereocenters. The minimum absolute atomic E-state index is 0.368. The Bertz CT molecular complexity index is 638. The van der Waals surface area contributed by atoms with Crippen molar-refractivity contribution < 1.29 is 9.47 Å². The van der Waals surface area contributed by atoms with E-state index in [4.69, 9.17) is 9.47 Å². The summed E-state index contributed by atoms with van der Waals surface area (Å²) in [6.45, 7) is 3.83. The minimum Gasteiger partial charge on any atom is -0.382 e. The topological polar surface area (TPSA) is 54.9 Å². The third kappa shape index (κ3) is 9.11. The molecule has 0 saturated carbocycles. The van der Waals surface area contributed by atoms with Crippen molar-refractivity contribution in [2.45, 2.75) is 25.2 Å². The van der Waals surface area contributed by atoms with Gasteiger partial charge in [-0.15, -0.1) is 0 Å². The Morgan fingerprint density at radius 2 is 1.45 bits per heavy atom. The van der Waals surface area contributed by atoms with Crippen LogP contribution in [0.25, 0.3) is 0 Å². The molecule has 0 heterocycles. The highest BCUT2D eigenvalue weighted by Gasteiger charge is 2.13. The van der Waals surface area contributed by atoms with E-state index in [1.807, 2.05) is 7.05 Å². The number of nitrogens with one attached hydrogen (secondary N) is 2. The van der Waals surface area contributed by atoms with E-state index in [0.29, 0.717) is 19.1 Å². The van der Waals surface area contributed by atoms with E-state index in [-0.39, 0.29) is 0 Å². The van der Waals surface area contributed by atoms with Gasteiger partial charge < -0.3 is 20.1 Å². The Hall–Kier alpha value is -2.37. The minimum atomic E-state index is 0.368. The van der Waals surface area contributed by atoms with Crippen molar-refractivity contribution in [2.24, 2.45) is 4.99 Å². The second-order valence-corrected chi connectivity index (χ2v) is 6.90. The van der Waals surface area contributed by atoms with E-state index < -0.39 is 0 Å². The summed E-state index contributed by atoms with van der Waals surface area (Å²) in [7, 11) is 3.50. The van der Waals surface area contributed by atoms with Crippen LogP contribution in [-0.4, -0.2) is 53.0 Å². The molecule has 5 nitrogen and oxygen atoms in total. The summed E-state index contributed by atoms with van der Waals surface area (Å²) in [5.41, 5.74) is 2.69. The van der Waals surface area contributed by atoms with Gasteiger partial charge >= 0.3 is 0 Å². The Labute approximate surface area is 175 Å². The van der Waals surface area contributed by atoms with Crippen LogP contribution in [0.2, 0.25) is 0 Å². The van der Waals surface area contributed by atoms with Gasteiger partial charge in [0.15, 0.2) is 5.96 Å². The van der Waals surface area contributed by atoms with Crippen LogP contribution in [0, 0.1) is 0 Å². The molecule has 2 aromatic carbocycles. The third-order valence-corrected chi connectivity index (χ3v) is 4.79. The van der Waals surface area contributed by atoms with Crippen LogP contribution in [0.3, 0.4) is 0 Å². The standard InChI is InChI=1S/C24H35N3O2/c1-25-24(26-16-9-10-18-29-20-19-28-2)27-17-15-23(21-11-5-3-6-12-21)22-13-7-4-8-14-22/h3-8,11-14,23H,9-10,15-20H2,1-2H3,(H2,25,26,27). The normalized spacial score (nSPS) is 11.6. The van der Waals surface area contributed by atoms with Crippen molar-refractivity contribution in [3.05, 3.63) is 71.8 Å². The molecule has 0 aliphatic rings. The number of aliphatic imine (C=N–C) groups is 1. The van der Waals surface area contributed by atoms with Crippen molar-refractivity contribution in [1.82, 2.24) is 10.6 Å². The first-order valence-electron chi connectivity index (χ1n) is 10.5. The van der Waals surface area contributed by atoms with Crippen LogP contribution < -0.4 is 10.6 Å². The summed E-state index contributed by atoms with van der Waals surface area (Å²) in [6, 6.07) is 21.4. The molecule has 0 amide bonds. The monoisotopic (exact) mass is 397 g/mol. The van der Waals surface area contributed by atoms with Gasteiger partial charge in [0.25, 0.3) is 0 Å². The number of unbranched alkanes of at least 4 members (excludes halogenated alkanes) is 1. The number of methoxy groups -OCH3 is 1. The highest BCUT2D eigenvalue weighted by Crippen LogP contribution is 2.27. The molecule has 0 aromatic heterocycles. The first-order valence-corrected chi connectivity index (χ1v) is 10.5. The summed E-state index contributed by atoms with van der Waals surface area (Å²) in [4.78, 5) is 4.34. The predicted octanol–water partition coefficient (Wildman–Crippen LogP) is 3.82. The van der Waals surface area contributed by atoms with Crippen molar-refractivity contribution >= 4 is 5.96 Å². The average Bonchev–Trinajstić information content (AvgIpc) is 2.78. The molecule has 0 saturated heterocycles. The maximum atomic E-state index is 5.48. The summed E-state index contributed by atoms with van der Waals surface area (Å²) in [5.74, 6) is 1.22. The fourth-order valence-corrected chi connectivity index (χ4v) is 3.23. The second kappa shape index (κ2) is 14.6. The number of hydrogen-bond acceptors (Lipinski definition) is 3. The smallest absolute Gasteiger partial charge is 0.190 e. The van der Waals surface area contributed by atoms with Crippen LogP contribution in [0.15, 0.2) is 65.7 Å². The Morgan fingerprint density at radius 3 is 2.03 bits per heavy atom. The van der Waals surface area contributed by atoms with E-state index in [2.05, 4.69) is 76.3 Å². The molecular weight excluding hydrogens is 362 g/mol. The number of hydrogen-bond donors (Lipinski definition) is 2. The number of benzene rings is 2. The molecule has 2 N–H and O–H groups in total. The van der Waals surface area contributed by atoms with Gasteiger partial charge in [-0.1, -0.05) is 60.7 Å². The summed E-state index contributed by atoms with van der Waals surface area (Å²) in [5, 5.41) is 6.83. The van der Waals surface area contributed by atoms with Crippen LogP contribution in [-0.2, 0) is 9.47 Å². The molecule has 29 heavy (non-hydrogen) atoms. The van der Waals surface area contributed by atoms with E-state index >= 15 is 0 Å². The molecule has 0 radical (unpaired) electrons. The van der Waals surface area contributed by atoms with Gasteiger partial charge in [0.05, 0.1) is 13.2 Å². The van der Waals surface area contributed by atoms with Crippen molar-refractivity contribution in [3.63, 3.8) is 0 Å². The number of guanidine groups is 1. The average molecular weight is 398 g/mol. The predicted molar refractivity (Wildman–Crippen MR) is 121 cm³/mol. The number of nitrogens with zero attached hydrogens (tertiary/aromatic N) is 1. The van der Waals surface area contributed by atoms with Crippen LogP contribution in [0.4, 0.5) is 0 Å². The van der Waals surface area contributed by atoms with Gasteiger partial charge in [-0.3, -0.25) is 4.99 Å². The lowest BCUT2D eigenvalue weighted by Gasteiger charge is -2.19. The maximum absolute atomic E-state index is 5.48. The Balaban J connectivity index is 1.73. The van der Waals surface area contributed by atoms with Crippen molar-refractivity contribution in [1.29, 1.82) is 0 Å². The van der Waals surface area contributed by atoms with Gasteiger partial charge in [0, 0.05) is 39.8 Å². The third-order valence-electron chi connectivity index (χ3n) is 4.79. The SMILES string of the molecule is CN=C(NCCCCOCCOC)NCCC(c1ccccc1)c1ccccc1. The van der Waals surface area contributed by atoms with Gasteiger partial charge in [-0.2, -0.15) is 0 Å². The number of rotatable bonds is 13. The zero-order chi connectivity index (χ0) is 20.6. The van der Waals surface area contributed by atoms with Crippen LogP contribution >= 0.6 is 0 Å². The Kier molecular flexibility index (Phi) is 11.5. The molecule has 158 valence electrons. The summed E-state index contributed by atoms with van der Waals surface area (Å²) < 4.78 is 10.4. The highest BCUT2D eigenvalue weighted by molar-refractivity contribution is 5.79. The molecule has 0 aliphatic carbocycles. The quantitative estimate of drug-likeness (QED) is 0.307. The summed E-state index contributed by atoms with van der Waals surface area (Å²) >= 11 is 0. The van der Waals surface area contributed by atoms with Gasteiger partial charge in [-0.25, -0.2) is 0 Å². The van der Waals surface area contributed by atoms with E-state index in [1.54, 1.807) is 7.11 Å². The fraction of sp³-hybridized carbons (Fsp3) is 0.458. The first-order chi connectivity index (χ1) is 14.3. The molecule has 2 rings (SSSR count). The second-order valence-electron chi connectivity index (χ2n) is 6.90. The molecule has 0 fully saturated rings. The van der Waals surface area contributed by atoms with Gasteiger partial charge in [-0.05, 0) is 30.4 Å². The highest BCUT2D eigenvalue weighted by atomic mass is 16.5. The lowest BCUT2D eigenvalue weighted by molar-refractivity contribution is 0.0689. The molecule has 0 aliphatic heterocycles. The van der Waals surface area contributed by atoms with E-state index in [9.17, 15) is 0 Å². The van der Waals surface area contributed by atoms with Crippen molar-refractivity contribution in [2.75, 3.05) is 47.1 Å². The first kappa shape index (κ1) is 22.9. The Morgan fingerprint density at radius 1 is 0.828 bits per heavy atom. The molecule has 0 atom stereocenters. The largest absolute Gasteiger partial charge is 0.382 e. The fourth-order valence-electron chi connectivity index (χ4n) is 3.23. The molecule has 0 spiro atoms. The molecule has 5 heteroatoms. The van der Waals surface area contributed by atoms with Crippen LogP contribution in [0.5, 0.6) is 0 Å². The molecule has 2 aromatic rings. The summed E-state index contributed by atoms with van der Waals surface area (Å²) in [6.07, 6.45) is 3.07. The lowest BCUT2D eigenvalue weighted by Crippen LogP contribution is -2.38. The van der Waals surface area contributed by atoms with Crippen molar-refractivity contribution in [3.8, 4) is 0 Å². The zero-order valence-corrected chi connectivity index (χ0v) is 17.8. The van der Waals surface area contributed by atoms with Crippen LogP contribution in [0.1, 0.15) is 36.3 Å². The molecule has 0 bridgehead atoms. The zero-order valence-electron chi connectivity index (χ0n) is 17.8. The lowest BCUT2D eigenvalue weighted by atomic mass is 9.88. The number of ether oxygens (including phenoxy) is 2. The molecular formula is C24H35N3O2. The van der Waals surface area contributed by atoms with Gasteiger partial charge in [0.1, 0.15) is 0 Å². The van der Waals surface area contributed by atoms with E-state index in [0.717, 1.165) is 44.9 Å².